The van der Waals surface area contributed by atoms with E-state index in [1.165, 1.54) is 12.1 Å². The SMILES string of the molecule is CC(C)CNC(=O)/C=C/C=C/CC/C=C\C=C\c1cccc(C(F)(F)F)c1. The van der Waals surface area contributed by atoms with Gasteiger partial charge in [-0.3, -0.25) is 4.79 Å². The van der Waals surface area contributed by atoms with Gasteiger partial charge in [0.1, 0.15) is 0 Å². The lowest BCUT2D eigenvalue weighted by molar-refractivity contribution is -0.137. The molecule has 146 valence electrons. The van der Waals surface area contributed by atoms with Crippen molar-refractivity contribution < 1.29 is 18.0 Å². The maximum atomic E-state index is 12.6. The topological polar surface area (TPSA) is 29.1 Å². The third-order valence-electron chi connectivity index (χ3n) is 3.43. The molecule has 1 N–H and O–H groups in total. The van der Waals surface area contributed by atoms with Gasteiger partial charge in [-0.05, 0) is 36.5 Å². The van der Waals surface area contributed by atoms with E-state index < -0.39 is 11.7 Å². The monoisotopic (exact) mass is 377 g/mol. The number of nitrogens with one attached hydrogen (secondary N) is 1. The number of allylic oxidation sites excluding steroid dienone is 6. The summed E-state index contributed by atoms with van der Waals surface area (Å²) in [6.45, 7) is 4.73. The minimum atomic E-state index is -4.32. The quantitative estimate of drug-likeness (QED) is 0.322. The number of carbonyl (C=O) groups excluding carboxylic acids is 1. The molecule has 0 heterocycles. The third-order valence-corrected chi connectivity index (χ3v) is 3.43. The van der Waals surface area contributed by atoms with E-state index in [1.807, 2.05) is 38.2 Å². The predicted octanol–water partition coefficient (Wildman–Crippen LogP) is 5.94. The van der Waals surface area contributed by atoms with Crippen LogP contribution in [0.1, 0.15) is 37.8 Å². The number of hydrogen-bond donors (Lipinski definition) is 1. The molecule has 0 saturated heterocycles. The summed E-state index contributed by atoms with van der Waals surface area (Å²) in [6, 6.07) is 5.21. The van der Waals surface area contributed by atoms with Crippen molar-refractivity contribution in [3.8, 4) is 0 Å². The first-order valence-corrected chi connectivity index (χ1v) is 8.90. The van der Waals surface area contributed by atoms with Crippen molar-refractivity contribution in [3.05, 3.63) is 77.9 Å². The third kappa shape index (κ3) is 10.9. The fourth-order valence-electron chi connectivity index (χ4n) is 2.03. The lowest BCUT2D eigenvalue weighted by Gasteiger charge is -2.06. The highest BCUT2D eigenvalue weighted by atomic mass is 19.4. The van der Waals surface area contributed by atoms with Gasteiger partial charge < -0.3 is 5.32 Å². The van der Waals surface area contributed by atoms with Crippen LogP contribution in [-0.4, -0.2) is 12.5 Å². The molecule has 0 aliphatic heterocycles. The molecular weight excluding hydrogens is 351 g/mol. The van der Waals surface area contributed by atoms with Gasteiger partial charge in [0.15, 0.2) is 0 Å². The summed E-state index contributed by atoms with van der Waals surface area (Å²) in [5, 5.41) is 2.79. The first kappa shape index (κ1) is 22.5. The van der Waals surface area contributed by atoms with Gasteiger partial charge in [-0.2, -0.15) is 13.2 Å². The van der Waals surface area contributed by atoms with Crippen molar-refractivity contribution in [2.45, 2.75) is 32.9 Å². The van der Waals surface area contributed by atoms with E-state index >= 15 is 0 Å². The largest absolute Gasteiger partial charge is 0.416 e. The van der Waals surface area contributed by atoms with E-state index in [2.05, 4.69) is 5.32 Å². The lowest BCUT2D eigenvalue weighted by Crippen LogP contribution is -2.25. The molecule has 1 amide bonds. The molecule has 2 nitrogen and oxygen atoms in total. The van der Waals surface area contributed by atoms with Crippen molar-refractivity contribution in [2.75, 3.05) is 6.54 Å². The number of benzene rings is 1. The van der Waals surface area contributed by atoms with E-state index in [-0.39, 0.29) is 5.91 Å². The molecule has 0 aliphatic rings. The molecule has 0 atom stereocenters. The summed E-state index contributed by atoms with van der Waals surface area (Å²) < 4.78 is 37.9. The Bertz CT molecular complexity index is 698. The summed E-state index contributed by atoms with van der Waals surface area (Å²) in [4.78, 5) is 11.4. The molecule has 0 radical (unpaired) electrons. The molecule has 1 rings (SSSR count). The van der Waals surface area contributed by atoms with Crippen molar-refractivity contribution in [2.24, 2.45) is 5.92 Å². The molecular formula is C22H26F3NO. The summed E-state index contributed by atoms with van der Waals surface area (Å²) in [5.74, 6) is 0.320. The van der Waals surface area contributed by atoms with Crippen molar-refractivity contribution in [1.82, 2.24) is 5.32 Å². The van der Waals surface area contributed by atoms with Crippen LogP contribution in [0.25, 0.3) is 6.08 Å². The Labute approximate surface area is 159 Å². The standard InChI is InChI=1S/C22H26F3NO/c1-18(2)17-26-21(27)15-10-8-6-4-3-5-7-9-12-19-13-11-14-20(16-19)22(23,24)25/h5-16,18H,3-4,17H2,1-2H3,(H,26,27)/b7-5-,8-6+,12-9+,15-10+. The molecule has 27 heavy (non-hydrogen) atoms. The molecule has 0 bridgehead atoms. The lowest BCUT2D eigenvalue weighted by atomic mass is 10.1. The zero-order valence-electron chi connectivity index (χ0n) is 15.7. The number of halogens is 3. The van der Waals surface area contributed by atoms with Crippen molar-refractivity contribution in [1.29, 1.82) is 0 Å². The van der Waals surface area contributed by atoms with Crippen LogP contribution in [0.4, 0.5) is 13.2 Å². The Hall–Kier alpha value is -2.56. The highest BCUT2D eigenvalue weighted by Crippen LogP contribution is 2.29. The van der Waals surface area contributed by atoms with Crippen LogP contribution >= 0.6 is 0 Å². The summed E-state index contributed by atoms with van der Waals surface area (Å²) in [6.07, 6.45) is 11.4. The van der Waals surface area contributed by atoms with E-state index in [4.69, 9.17) is 0 Å². The summed E-state index contributed by atoms with van der Waals surface area (Å²) in [5.41, 5.74) is -0.139. The van der Waals surface area contributed by atoms with Gasteiger partial charge in [-0.1, -0.05) is 68.5 Å². The highest BCUT2D eigenvalue weighted by Gasteiger charge is 2.30. The van der Waals surface area contributed by atoms with Crippen LogP contribution in [0.15, 0.2) is 66.8 Å². The van der Waals surface area contributed by atoms with Crippen LogP contribution in [0.5, 0.6) is 0 Å². The second-order valence-electron chi connectivity index (χ2n) is 6.41. The van der Waals surface area contributed by atoms with Gasteiger partial charge in [0.2, 0.25) is 5.91 Å². The smallest absolute Gasteiger partial charge is 0.352 e. The Kier molecular flexibility index (Phi) is 9.94. The number of carbonyl (C=O) groups is 1. The number of unbranched alkanes of at least 4 members (excludes halogenated alkanes) is 1. The molecule has 0 unspecified atom stereocenters. The second-order valence-corrected chi connectivity index (χ2v) is 6.41. The molecule has 1 aromatic carbocycles. The highest BCUT2D eigenvalue weighted by molar-refractivity contribution is 5.87. The fraction of sp³-hybridized carbons (Fsp3) is 0.318. The normalized spacial score (nSPS) is 13.0. The number of alkyl halides is 3. The van der Waals surface area contributed by atoms with Gasteiger partial charge in [-0.25, -0.2) is 0 Å². The zero-order chi connectivity index (χ0) is 20.1. The van der Waals surface area contributed by atoms with Gasteiger partial charge in [-0.15, -0.1) is 0 Å². The van der Waals surface area contributed by atoms with Gasteiger partial charge >= 0.3 is 6.18 Å². The molecule has 0 aliphatic carbocycles. The van der Waals surface area contributed by atoms with E-state index in [0.29, 0.717) is 18.0 Å². The Balaban J connectivity index is 2.30. The number of hydrogen-bond acceptors (Lipinski definition) is 1. The minimum absolute atomic E-state index is 0.104. The van der Waals surface area contributed by atoms with E-state index in [1.54, 1.807) is 24.3 Å². The summed E-state index contributed by atoms with van der Waals surface area (Å²) in [7, 11) is 0. The van der Waals surface area contributed by atoms with Crippen LogP contribution in [0, 0.1) is 5.92 Å². The maximum Gasteiger partial charge on any atom is 0.416 e. The van der Waals surface area contributed by atoms with Crippen LogP contribution in [0.2, 0.25) is 0 Å². The predicted molar refractivity (Wildman–Crippen MR) is 105 cm³/mol. The Morgan fingerprint density at radius 2 is 1.74 bits per heavy atom. The molecule has 1 aromatic rings. The molecule has 5 heteroatoms. The molecule has 0 aromatic heterocycles. The van der Waals surface area contributed by atoms with E-state index in [9.17, 15) is 18.0 Å². The number of amides is 1. The van der Waals surface area contributed by atoms with Gasteiger partial charge in [0.25, 0.3) is 0 Å². The van der Waals surface area contributed by atoms with Gasteiger partial charge in [0.05, 0.1) is 5.56 Å². The Morgan fingerprint density at radius 3 is 2.37 bits per heavy atom. The minimum Gasteiger partial charge on any atom is -0.352 e. The average Bonchev–Trinajstić information content (AvgIpc) is 2.61. The van der Waals surface area contributed by atoms with Crippen molar-refractivity contribution >= 4 is 12.0 Å². The fourth-order valence-corrected chi connectivity index (χ4v) is 2.03. The zero-order valence-corrected chi connectivity index (χ0v) is 15.7. The maximum absolute atomic E-state index is 12.6. The van der Waals surface area contributed by atoms with E-state index in [0.717, 1.165) is 25.0 Å². The van der Waals surface area contributed by atoms with Crippen LogP contribution < -0.4 is 5.32 Å². The van der Waals surface area contributed by atoms with Crippen LogP contribution in [-0.2, 0) is 11.0 Å². The molecule has 0 spiro atoms. The van der Waals surface area contributed by atoms with Crippen LogP contribution in [0.3, 0.4) is 0 Å². The summed E-state index contributed by atoms with van der Waals surface area (Å²) >= 11 is 0. The van der Waals surface area contributed by atoms with Crippen molar-refractivity contribution in [3.63, 3.8) is 0 Å². The first-order chi connectivity index (χ1) is 12.8. The molecule has 0 fully saturated rings. The Morgan fingerprint density at radius 1 is 1.07 bits per heavy atom. The number of rotatable bonds is 9. The van der Waals surface area contributed by atoms with Gasteiger partial charge in [0, 0.05) is 12.6 Å². The molecule has 0 saturated carbocycles. The average molecular weight is 377 g/mol. The first-order valence-electron chi connectivity index (χ1n) is 8.90. The second kappa shape index (κ2) is 11.9.